The molecule has 0 aliphatic carbocycles. The number of fused-ring (bicyclic) bond motifs is 1. The minimum Gasteiger partial charge on any atom is -0.326 e. The Bertz CT molecular complexity index is 1060. The third-order valence-electron chi connectivity index (χ3n) is 4.84. The van der Waals surface area contributed by atoms with E-state index in [4.69, 9.17) is 0 Å². The number of hydrogen-bond acceptors (Lipinski definition) is 5. The van der Waals surface area contributed by atoms with Gasteiger partial charge in [-0.05, 0) is 35.2 Å². The van der Waals surface area contributed by atoms with Gasteiger partial charge in [0.2, 0.25) is 5.91 Å². The number of carbonyl (C=O) groups excluding carboxylic acids is 2. The molecule has 0 fully saturated rings. The number of nitro benzene ring substituents is 1. The lowest BCUT2D eigenvalue weighted by atomic mass is 10.1. The molecule has 29 heavy (non-hydrogen) atoms. The van der Waals surface area contributed by atoms with Crippen molar-refractivity contribution >= 4 is 34.5 Å². The van der Waals surface area contributed by atoms with Crippen LogP contribution in [0.3, 0.4) is 0 Å². The fraction of sp³-hybridized carbons (Fsp3) is 0.143. The molecule has 2 amide bonds. The molecule has 3 aromatic rings. The van der Waals surface area contributed by atoms with Crippen LogP contribution in [0.1, 0.15) is 33.3 Å². The van der Waals surface area contributed by atoms with Crippen LogP contribution in [0, 0.1) is 10.1 Å². The molecule has 1 aromatic heterocycles. The maximum atomic E-state index is 12.9. The summed E-state index contributed by atoms with van der Waals surface area (Å²) in [5, 5.41) is 15.5. The number of hydrogen-bond donors (Lipinski definition) is 1. The first-order valence-corrected chi connectivity index (χ1v) is 9.87. The van der Waals surface area contributed by atoms with E-state index >= 15 is 0 Å². The van der Waals surface area contributed by atoms with Gasteiger partial charge in [-0.15, -0.1) is 11.3 Å². The van der Waals surface area contributed by atoms with Crippen molar-refractivity contribution in [1.29, 1.82) is 0 Å². The number of thiophene rings is 1. The van der Waals surface area contributed by atoms with Crippen molar-refractivity contribution < 1.29 is 14.5 Å². The molecule has 1 atom stereocenters. The molecule has 2 heterocycles. The summed E-state index contributed by atoms with van der Waals surface area (Å²) in [7, 11) is 0. The van der Waals surface area contributed by atoms with Gasteiger partial charge in [0, 0.05) is 34.8 Å². The highest BCUT2D eigenvalue weighted by molar-refractivity contribution is 7.10. The summed E-state index contributed by atoms with van der Waals surface area (Å²) in [6.07, 6.45) is 0.0945. The number of rotatable bonds is 6. The second-order valence-electron chi connectivity index (χ2n) is 6.68. The molecule has 1 aliphatic rings. The molecule has 1 aliphatic heterocycles. The van der Waals surface area contributed by atoms with Gasteiger partial charge in [0.05, 0.1) is 17.4 Å². The lowest BCUT2D eigenvalue weighted by Crippen LogP contribution is -2.31. The first-order chi connectivity index (χ1) is 14.0. The molecule has 0 bridgehead atoms. The van der Waals surface area contributed by atoms with Gasteiger partial charge in [-0.2, -0.15) is 0 Å². The molecule has 4 rings (SSSR count). The summed E-state index contributed by atoms with van der Waals surface area (Å²) in [5.74, 6) is -0.344. The third kappa shape index (κ3) is 3.88. The fourth-order valence-electron chi connectivity index (χ4n) is 3.43. The Morgan fingerprint density at radius 1 is 1.14 bits per heavy atom. The Labute approximate surface area is 170 Å². The second kappa shape index (κ2) is 7.84. The first kappa shape index (κ1) is 18.8. The zero-order valence-electron chi connectivity index (χ0n) is 15.3. The van der Waals surface area contributed by atoms with Crippen LogP contribution in [-0.4, -0.2) is 21.6 Å². The Hall–Kier alpha value is -3.52. The standard InChI is InChI=1S/C21H17N3O4S/c25-20(22-15-7-9-16(10-8-15)24(27)28)12-18(19-6-3-11-29-19)23-13-14-4-1-2-5-17(14)21(23)26/h1-11,18H,12-13H2,(H,22,25)/t18-/m0/s1. The van der Waals surface area contributed by atoms with Crippen molar-refractivity contribution in [2.24, 2.45) is 0 Å². The number of anilines is 1. The molecule has 146 valence electrons. The SMILES string of the molecule is O=C(C[C@@H](c1cccs1)N1Cc2ccccc2C1=O)Nc1ccc([N+](=O)[O-])cc1. The maximum absolute atomic E-state index is 12.9. The van der Waals surface area contributed by atoms with E-state index in [2.05, 4.69) is 5.32 Å². The number of nitro groups is 1. The van der Waals surface area contributed by atoms with Gasteiger partial charge < -0.3 is 10.2 Å². The topological polar surface area (TPSA) is 92.6 Å². The Morgan fingerprint density at radius 2 is 1.90 bits per heavy atom. The van der Waals surface area contributed by atoms with Crippen molar-refractivity contribution in [3.8, 4) is 0 Å². The van der Waals surface area contributed by atoms with Gasteiger partial charge in [0.15, 0.2) is 0 Å². The number of non-ortho nitro benzene ring substituents is 1. The molecule has 0 saturated carbocycles. The van der Waals surface area contributed by atoms with E-state index in [0.717, 1.165) is 10.4 Å². The van der Waals surface area contributed by atoms with Crippen molar-refractivity contribution in [2.45, 2.75) is 19.0 Å². The highest BCUT2D eigenvalue weighted by Gasteiger charge is 2.34. The zero-order valence-corrected chi connectivity index (χ0v) is 16.1. The van der Waals surface area contributed by atoms with E-state index < -0.39 is 4.92 Å². The molecular weight excluding hydrogens is 390 g/mol. The number of nitrogens with zero attached hydrogens (tertiary/aromatic N) is 2. The average molecular weight is 407 g/mol. The van der Waals surface area contributed by atoms with Crippen molar-refractivity contribution in [1.82, 2.24) is 4.90 Å². The van der Waals surface area contributed by atoms with Crippen LogP contribution < -0.4 is 5.32 Å². The van der Waals surface area contributed by atoms with Crippen LogP contribution in [-0.2, 0) is 11.3 Å². The van der Waals surface area contributed by atoms with Crippen LogP contribution in [0.4, 0.5) is 11.4 Å². The van der Waals surface area contributed by atoms with Gasteiger partial charge in [0.1, 0.15) is 0 Å². The van der Waals surface area contributed by atoms with E-state index in [1.165, 1.54) is 35.6 Å². The predicted molar refractivity (Wildman–Crippen MR) is 110 cm³/mol. The summed E-state index contributed by atoms with van der Waals surface area (Å²) in [6, 6.07) is 16.6. The fourth-order valence-corrected chi connectivity index (χ4v) is 4.27. The van der Waals surface area contributed by atoms with Gasteiger partial charge >= 0.3 is 0 Å². The lowest BCUT2D eigenvalue weighted by Gasteiger charge is -2.26. The largest absolute Gasteiger partial charge is 0.326 e. The highest BCUT2D eigenvalue weighted by atomic mass is 32.1. The highest BCUT2D eigenvalue weighted by Crippen LogP contribution is 2.35. The average Bonchev–Trinajstić information content (AvgIpc) is 3.35. The molecule has 0 saturated heterocycles. The minimum atomic E-state index is -0.491. The molecule has 7 nitrogen and oxygen atoms in total. The summed E-state index contributed by atoms with van der Waals surface area (Å²) in [6.45, 7) is 0.461. The minimum absolute atomic E-state index is 0.0418. The first-order valence-electron chi connectivity index (χ1n) is 8.99. The zero-order chi connectivity index (χ0) is 20.4. The second-order valence-corrected chi connectivity index (χ2v) is 7.66. The van der Waals surface area contributed by atoms with Crippen molar-refractivity contribution in [3.05, 3.63) is 92.2 Å². The monoisotopic (exact) mass is 407 g/mol. The van der Waals surface area contributed by atoms with Crippen LogP contribution in [0.2, 0.25) is 0 Å². The number of benzene rings is 2. The number of amides is 2. The van der Waals surface area contributed by atoms with Crippen LogP contribution in [0.15, 0.2) is 66.0 Å². The van der Waals surface area contributed by atoms with Gasteiger partial charge in [0.25, 0.3) is 11.6 Å². The van der Waals surface area contributed by atoms with E-state index in [1.807, 2.05) is 35.7 Å². The molecule has 2 aromatic carbocycles. The summed E-state index contributed by atoms with van der Waals surface area (Å²) in [5.41, 5.74) is 2.06. The maximum Gasteiger partial charge on any atom is 0.269 e. The van der Waals surface area contributed by atoms with E-state index in [9.17, 15) is 19.7 Å². The molecule has 0 unspecified atom stereocenters. The Kier molecular flexibility index (Phi) is 5.09. The van der Waals surface area contributed by atoms with Crippen molar-refractivity contribution in [2.75, 3.05) is 5.32 Å². The summed E-state index contributed by atoms with van der Waals surface area (Å²) >= 11 is 1.50. The molecule has 0 spiro atoms. The molecule has 0 radical (unpaired) electrons. The van der Waals surface area contributed by atoms with E-state index in [0.29, 0.717) is 17.8 Å². The van der Waals surface area contributed by atoms with Crippen LogP contribution in [0.25, 0.3) is 0 Å². The third-order valence-corrected chi connectivity index (χ3v) is 5.81. The number of nitrogens with one attached hydrogen (secondary N) is 1. The summed E-state index contributed by atoms with van der Waals surface area (Å²) < 4.78 is 0. The molecule has 1 N–H and O–H groups in total. The smallest absolute Gasteiger partial charge is 0.269 e. The molecule has 8 heteroatoms. The van der Waals surface area contributed by atoms with Gasteiger partial charge in [-0.3, -0.25) is 19.7 Å². The van der Waals surface area contributed by atoms with Crippen LogP contribution >= 0.6 is 11.3 Å². The van der Waals surface area contributed by atoms with E-state index in [1.54, 1.807) is 11.0 Å². The quantitative estimate of drug-likeness (QED) is 0.485. The summed E-state index contributed by atoms with van der Waals surface area (Å²) in [4.78, 5) is 38.5. The van der Waals surface area contributed by atoms with Gasteiger partial charge in [-0.1, -0.05) is 24.3 Å². The van der Waals surface area contributed by atoms with Gasteiger partial charge in [-0.25, -0.2) is 0 Å². The van der Waals surface area contributed by atoms with Crippen molar-refractivity contribution in [3.63, 3.8) is 0 Å². The number of carbonyl (C=O) groups is 2. The Balaban J connectivity index is 1.52. The van der Waals surface area contributed by atoms with E-state index in [-0.39, 0.29) is 30.0 Å². The van der Waals surface area contributed by atoms with Crippen LogP contribution in [0.5, 0.6) is 0 Å². The Morgan fingerprint density at radius 3 is 2.55 bits per heavy atom. The normalized spacial score (nSPS) is 13.8. The lowest BCUT2D eigenvalue weighted by molar-refractivity contribution is -0.384. The predicted octanol–water partition coefficient (Wildman–Crippen LogP) is 4.38. The molecular formula is C21H17N3O4S.